The SMILES string of the molecule is O=[N+]([O-])c1ccc(Cl)nc1-c1cncc2ccccc12. The molecule has 3 aromatic rings. The van der Waals surface area contributed by atoms with Crippen LogP contribution in [0.4, 0.5) is 5.69 Å². The minimum absolute atomic E-state index is 0.0902. The molecule has 5 nitrogen and oxygen atoms in total. The second-order valence-corrected chi connectivity index (χ2v) is 4.55. The Morgan fingerprint density at radius 1 is 1.10 bits per heavy atom. The number of nitro groups is 1. The normalized spacial score (nSPS) is 10.7. The van der Waals surface area contributed by atoms with Crippen LogP contribution in [-0.2, 0) is 0 Å². The molecule has 2 heterocycles. The number of nitrogens with zero attached hydrogens (tertiary/aromatic N) is 3. The van der Waals surface area contributed by atoms with Gasteiger partial charge in [0, 0.05) is 29.4 Å². The zero-order valence-corrected chi connectivity index (χ0v) is 10.9. The van der Waals surface area contributed by atoms with Crippen molar-refractivity contribution in [3.8, 4) is 11.3 Å². The van der Waals surface area contributed by atoms with Crippen LogP contribution >= 0.6 is 11.6 Å². The second kappa shape index (κ2) is 4.86. The Hall–Kier alpha value is -2.53. The lowest BCUT2D eigenvalue weighted by Gasteiger charge is -2.06. The fourth-order valence-corrected chi connectivity index (χ4v) is 2.23. The first-order chi connectivity index (χ1) is 9.66. The minimum atomic E-state index is -0.472. The molecule has 2 aromatic heterocycles. The third-order valence-corrected chi connectivity index (χ3v) is 3.17. The van der Waals surface area contributed by atoms with E-state index in [1.54, 1.807) is 12.4 Å². The minimum Gasteiger partial charge on any atom is -0.263 e. The van der Waals surface area contributed by atoms with Gasteiger partial charge in [-0.15, -0.1) is 0 Å². The van der Waals surface area contributed by atoms with Crippen molar-refractivity contribution in [3.63, 3.8) is 0 Å². The third-order valence-electron chi connectivity index (χ3n) is 2.96. The zero-order valence-electron chi connectivity index (χ0n) is 10.2. The number of benzene rings is 1. The van der Waals surface area contributed by atoms with E-state index in [2.05, 4.69) is 9.97 Å². The Morgan fingerprint density at radius 2 is 1.90 bits per heavy atom. The molecule has 20 heavy (non-hydrogen) atoms. The van der Waals surface area contributed by atoms with Gasteiger partial charge in [-0.3, -0.25) is 15.1 Å². The Labute approximate surface area is 119 Å². The molecule has 6 heteroatoms. The van der Waals surface area contributed by atoms with Crippen LogP contribution < -0.4 is 0 Å². The predicted octanol–water partition coefficient (Wildman–Crippen LogP) is 3.86. The highest BCUT2D eigenvalue weighted by atomic mass is 35.5. The van der Waals surface area contributed by atoms with Crippen molar-refractivity contribution in [1.82, 2.24) is 9.97 Å². The molecule has 0 aliphatic heterocycles. The lowest BCUT2D eigenvalue weighted by Crippen LogP contribution is -1.96. The molecule has 0 bridgehead atoms. The molecule has 3 rings (SSSR count). The quantitative estimate of drug-likeness (QED) is 0.407. The molecule has 0 unspecified atom stereocenters. The number of hydrogen-bond acceptors (Lipinski definition) is 4. The standard InChI is InChI=1S/C14H8ClN3O2/c15-13-6-5-12(18(19)20)14(17-13)11-8-16-7-9-3-1-2-4-10(9)11/h1-8H. The Balaban J connectivity index is 2.36. The molecule has 1 aromatic carbocycles. The summed E-state index contributed by atoms with van der Waals surface area (Å²) >= 11 is 5.87. The van der Waals surface area contributed by atoms with Gasteiger partial charge in [0.25, 0.3) is 5.69 Å². The first kappa shape index (κ1) is 12.5. The monoisotopic (exact) mass is 285 g/mol. The average molecular weight is 286 g/mol. The summed E-state index contributed by atoms with van der Waals surface area (Å²) < 4.78 is 0. The molecule has 0 saturated heterocycles. The number of rotatable bonds is 2. The van der Waals surface area contributed by atoms with Gasteiger partial charge in [-0.1, -0.05) is 35.9 Å². The van der Waals surface area contributed by atoms with Crippen LogP contribution in [0, 0.1) is 10.1 Å². The van der Waals surface area contributed by atoms with E-state index in [1.165, 1.54) is 12.1 Å². The van der Waals surface area contributed by atoms with Crippen LogP contribution in [0.5, 0.6) is 0 Å². The van der Waals surface area contributed by atoms with E-state index in [0.717, 1.165) is 10.8 Å². The van der Waals surface area contributed by atoms with Crippen molar-refractivity contribution < 1.29 is 4.92 Å². The van der Waals surface area contributed by atoms with E-state index in [1.807, 2.05) is 24.3 Å². The molecule has 0 amide bonds. The van der Waals surface area contributed by atoms with Gasteiger partial charge in [-0.2, -0.15) is 0 Å². The molecule has 0 fully saturated rings. The van der Waals surface area contributed by atoms with Gasteiger partial charge < -0.3 is 0 Å². The lowest BCUT2D eigenvalue weighted by atomic mass is 10.0. The van der Waals surface area contributed by atoms with Crippen LogP contribution in [0.25, 0.3) is 22.0 Å². The molecule has 0 aliphatic carbocycles. The average Bonchev–Trinajstić information content (AvgIpc) is 2.46. The van der Waals surface area contributed by atoms with Gasteiger partial charge >= 0.3 is 0 Å². The number of fused-ring (bicyclic) bond motifs is 1. The molecule has 0 spiro atoms. The number of aromatic nitrogens is 2. The summed E-state index contributed by atoms with van der Waals surface area (Å²) in [5, 5.41) is 13.1. The first-order valence-corrected chi connectivity index (χ1v) is 6.18. The van der Waals surface area contributed by atoms with Gasteiger partial charge in [-0.25, -0.2) is 4.98 Å². The summed E-state index contributed by atoms with van der Waals surface area (Å²) in [4.78, 5) is 18.9. The van der Waals surface area contributed by atoms with Crippen molar-refractivity contribution >= 4 is 28.1 Å². The van der Waals surface area contributed by atoms with E-state index < -0.39 is 4.92 Å². The van der Waals surface area contributed by atoms with Gasteiger partial charge in [0.15, 0.2) is 5.69 Å². The lowest BCUT2D eigenvalue weighted by molar-refractivity contribution is -0.384. The van der Waals surface area contributed by atoms with Gasteiger partial charge in [0.05, 0.1) is 4.92 Å². The maximum atomic E-state index is 11.1. The topological polar surface area (TPSA) is 68.9 Å². The van der Waals surface area contributed by atoms with Crippen molar-refractivity contribution in [2.45, 2.75) is 0 Å². The fourth-order valence-electron chi connectivity index (χ4n) is 2.08. The molecule has 0 aliphatic rings. The third kappa shape index (κ3) is 2.08. The number of halogens is 1. The van der Waals surface area contributed by atoms with Crippen molar-refractivity contribution in [3.05, 3.63) is 64.1 Å². The maximum absolute atomic E-state index is 11.1. The summed E-state index contributed by atoms with van der Waals surface area (Å²) in [6, 6.07) is 10.3. The predicted molar refractivity (Wildman–Crippen MR) is 76.6 cm³/mol. The van der Waals surface area contributed by atoms with E-state index in [-0.39, 0.29) is 16.5 Å². The molecule has 98 valence electrons. The van der Waals surface area contributed by atoms with Crippen LogP contribution in [0.2, 0.25) is 5.15 Å². The Kier molecular flexibility index (Phi) is 3.04. The molecular weight excluding hydrogens is 278 g/mol. The largest absolute Gasteiger partial charge is 0.295 e. The highest BCUT2D eigenvalue weighted by Crippen LogP contribution is 2.33. The molecular formula is C14H8ClN3O2. The number of pyridine rings is 2. The van der Waals surface area contributed by atoms with Crippen molar-refractivity contribution in [1.29, 1.82) is 0 Å². The van der Waals surface area contributed by atoms with Gasteiger partial charge in [-0.05, 0) is 11.5 Å². The van der Waals surface area contributed by atoms with Crippen LogP contribution in [0.3, 0.4) is 0 Å². The zero-order chi connectivity index (χ0) is 14.1. The van der Waals surface area contributed by atoms with Crippen LogP contribution in [0.1, 0.15) is 0 Å². The van der Waals surface area contributed by atoms with E-state index in [9.17, 15) is 10.1 Å². The summed E-state index contributed by atoms with van der Waals surface area (Å²) in [5.41, 5.74) is 0.733. The van der Waals surface area contributed by atoms with E-state index in [0.29, 0.717) is 5.56 Å². The Morgan fingerprint density at radius 3 is 2.70 bits per heavy atom. The highest BCUT2D eigenvalue weighted by Gasteiger charge is 2.19. The highest BCUT2D eigenvalue weighted by molar-refractivity contribution is 6.29. The molecule has 0 N–H and O–H groups in total. The first-order valence-electron chi connectivity index (χ1n) is 5.81. The van der Waals surface area contributed by atoms with Gasteiger partial charge in [0.1, 0.15) is 5.15 Å². The molecule has 0 radical (unpaired) electrons. The van der Waals surface area contributed by atoms with Crippen molar-refractivity contribution in [2.75, 3.05) is 0 Å². The summed E-state index contributed by atoms with van der Waals surface area (Å²) in [6.07, 6.45) is 3.27. The van der Waals surface area contributed by atoms with E-state index in [4.69, 9.17) is 11.6 Å². The van der Waals surface area contributed by atoms with Gasteiger partial charge in [0.2, 0.25) is 0 Å². The maximum Gasteiger partial charge on any atom is 0.295 e. The van der Waals surface area contributed by atoms with E-state index >= 15 is 0 Å². The summed E-state index contributed by atoms with van der Waals surface area (Å²) in [7, 11) is 0. The summed E-state index contributed by atoms with van der Waals surface area (Å²) in [6.45, 7) is 0. The number of hydrogen-bond donors (Lipinski definition) is 0. The van der Waals surface area contributed by atoms with Crippen molar-refractivity contribution in [2.24, 2.45) is 0 Å². The van der Waals surface area contributed by atoms with Crippen LogP contribution in [-0.4, -0.2) is 14.9 Å². The fraction of sp³-hybridized carbons (Fsp3) is 0. The molecule has 0 atom stereocenters. The van der Waals surface area contributed by atoms with Crippen LogP contribution in [0.15, 0.2) is 48.8 Å². The Bertz CT molecular complexity index is 815. The summed E-state index contributed by atoms with van der Waals surface area (Å²) in [5.74, 6) is 0. The second-order valence-electron chi connectivity index (χ2n) is 4.17. The smallest absolute Gasteiger partial charge is 0.263 e. The molecule has 0 saturated carbocycles.